The number of aryl methyl sites for hydroxylation is 1. The van der Waals surface area contributed by atoms with Crippen molar-refractivity contribution >= 4 is 11.6 Å². The molecule has 2 rings (SSSR count). The van der Waals surface area contributed by atoms with Crippen LogP contribution in [0.4, 0.5) is 5.69 Å². The molecule has 19 heavy (non-hydrogen) atoms. The van der Waals surface area contributed by atoms with E-state index in [1.165, 1.54) is 19.5 Å². The third-order valence-electron chi connectivity index (χ3n) is 2.54. The number of carbonyl (C=O) groups excluding carboxylic acids is 1. The Morgan fingerprint density at radius 3 is 2.68 bits per heavy atom. The monoisotopic (exact) mass is 257 g/mol. The largest absolute Gasteiger partial charge is 0.467 e. The van der Waals surface area contributed by atoms with Crippen molar-refractivity contribution in [1.29, 1.82) is 0 Å². The minimum atomic E-state index is -0.0978. The van der Waals surface area contributed by atoms with Gasteiger partial charge in [-0.3, -0.25) is 4.79 Å². The molecule has 0 saturated heterocycles. The van der Waals surface area contributed by atoms with Crippen molar-refractivity contribution in [3.8, 4) is 6.01 Å². The topological polar surface area (TPSA) is 64.1 Å². The van der Waals surface area contributed by atoms with Gasteiger partial charge in [0.1, 0.15) is 0 Å². The molecule has 1 aromatic heterocycles. The fraction of sp³-hybridized carbons (Fsp3) is 0.214. The normalized spacial score (nSPS) is 10.0. The zero-order valence-corrected chi connectivity index (χ0v) is 10.9. The lowest BCUT2D eigenvalue weighted by Crippen LogP contribution is -2.14. The highest BCUT2D eigenvalue weighted by Crippen LogP contribution is 2.09. The number of hydrogen-bond donors (Lipinski definition) is 1. The lowest BCUT2D eigenvalue weighted by molar-refractivity contribution is -0.115. The quantitative estimate of drug-likeness (QED) is 0.909. The molecule has 0 spiro atoms. The lowest BCUT2D eigenvalue weighted by Gasteiger charge is -2.05. The SMILES string of the molecule is COc1ncc(NC(=O)Cc2cccc(C)c2)cn1. The second-order valence-corrected chi connectivity index (χ2v) is 4.17. The molecule has 0 aliphatic heterocycles. The molecule has 98 valence electrons. The summed E-state index contributed by atoms with van der Waals surface area (Å²) < 4.78 is 4.85. The van der Waals surface area contributed by atoms with Crippen LogP contribution in [0.1, 0.15) is 11.1 Å². The number of amides is 1. The minimum absolute atomic E-state index is 0.0978. The van der Waals surface area contributed by atoms with Crippen molar-refractivity contribution in [3.05, 3.63) is 47.8 Å². The first kappa shape index (κ1) is 13.0. The first-order valence-electron chi connectivity index (χ1n) is 5.89. The summed E-state index contributed by atoms with van der Waals surface area (Å²) in [5.74, 6) is -0.0978. The van der Waals surface area contributed by atoms with Gasteiger partial charge in [0.05, 0.1) is 31.6 Å². The Balaban J connectivity index is 1.97. The van der Waals surface area contributed by atoms with Crippen LogP contribution in [0.5, 0.6) is 6.01 Å². The number of anilines is 1. The second kappa shape index (κ2) is 5.95. The van der Waals surface area contributed by atoms with Crippen LogP contribution in [-0.4, -0.2) is 23.0 Å². The van der Waals surface area contributed by atoms with E-state index in [1.54, 1.807) is 0 Å². The third-order valence-corrected chi connectivity index (χ3v) is 2.54. The van der Waals surface area contributed by atoms with Gasteiger partial charge in [-0.2, -0.15) is 0 Å². The Morgan fingerprint density at radius 2 is 2.05 bits per heavy atom. The number of carbonyl (C=O) groups is 1. The Bertz CT molecular complexity index is 567. The Kier molecular flexibility index (Phi) is 4.07. The summed E-state index contributed by atoms with van der Waals surface area (Å²) in [6, 6.07) is 8.13. The lowest BCUT2D eigenvalue weighted by atomic mass is 10.1. The zero-order chi connectivity index (χ0) is 13.7. The summed E-state index contributed by atoms with van der Waals surface area (Å²) in [5.41, 5.74) is 2.67. The van der Waals surface area contributed by atoms with Gasteiger partial charge in [-0.1, -0.05) is 29.8 Å². The van der Waals surface area contributed by atoms with Crippen molar-refractivity contribution in [3.63, 3.8) is 0 Å². The predicted molar refractivity (Wildman–Crippen MR) is 72.1 cm³/mol. The first-order valence-corrected chi connectivity index (χ1v) is 5.89. The van der Waals surface area contributed by atoms with Crippen LogP contribution in [0.2, 0.25) is 0 Å². The van der Waals surface area contributed by atoms with Crippen LogP contribution in [0.15, 0.2) is 36.7 Å². The molecule has 0 saturated carbocycles. The molecule has 1 aromatic carbocycles. The van der Waals surface area contributed by atoms with Crippen molar-refractivity contribution in [2.75, 3.05) is 12.4 Å². The summed E-state index contributed by atoms with van der Waals surface area (Å²) in [7, 11) is 1.49. The van der Waals surface area contributed by atoms with E-state index in [0.717, 1.165) is 11.1 Å². The van der Waals surface area contributed by atoms with Crippen LogP contribution in [0.25, 0.3) is 0 Å². The third kappa shape index (κ3) is 3.77. The molecule has 0 unspecified atom stereocenters. The van der Waals surface area contributed by atoms with Crippen LogP contribution in [0, 0.1) is 6.92 Å². The molecule has 0 atom stereocenters. The molecule has 1 N–H and O–H groups in total. The number of nitrogens with one attached hydrogen (secondary N) is 1. The molecule has 0 fully saturated rings. The van der Waals surface area contributed by atoms with Crippen LogP contribution < -0.4 is 10.1 Å². The number of benzene rings is 1. The van der Waals surface area contributed by atoms with E-state index in [0.29, 0.717) is 12.1 Å². The molecule has 5 heteroatoms. The maximum atomic E-state index is 11.8. The maximum Gasteiger partial charge on any atom is 0.316 e. The number of nitrogens with zero attached hydrogens (tertiary/aromatic N) is 2. The summed E-state index contributed by atoms with van der Waals surface area (Å²) in [6.07, 6.45) is 3.35. The summed E-state index contributed by atoms with van der Waals surface area (Å²) >= 11 is 0. The smallest absolute Gasteiger partial charge is 0.316 e. The van der Waals surface area contributed by atoms with E-state index in [-0.39, 0.29) is 11.9 Å². The molecular weight excluding hydrogens is 242 g/mol. The average Bonchev–Trinajstić information content (AvgIpc) is 2.39. The van der Waals surface area contributed by atoms with Crippen molar-refractivity contribution in [2.45, 2.75) is 13.3 Å². The Labute approximate surface area is 111 Å². The fourth-order valence-electron chi connectivity index (χ4n) is 1.70. The van der Waals surface area contributed by atoms with Crippen LogP contribution >= 0.6 is 0 Å². The average molecular weight is 257 g/mol. The number of rotatable bonds is 4. The van der Waals surface area contributed by atoms with Crippen LogP contribution in [0.3, 0.4) is 0 Å². The predicted octanol–water partition coefficient (Wildman–Crippen LogP) is 1.97. The molecule has 0 bridgehead atoms. The van der Waals surface area contributed by atoms with E-state index < -0.39 is 0 Å². The highest BCUT2D eigenvalue weighted by Gasteiger charge is 2.05. The van der Waals surface area contributed by atoms with E-state index >= 15 is 0 Å². The fourth-order valence-corrected chi connectivity index (χ4v) is 1.70. The van der Waals surface area contributed by atoms with Crippen molar-refractivity contribution < 1.29 is 9.53 Å². The van der Waals surface area contributed by atoms with Gasteiger partial charge in [0.2, 0.25) is 5.91 Å². The summed E-state index contributed by atoms with van der Waals surface area (Å²) in [4.78, 5) is 19.7. The van der Waals surface area contributed by atoms with E-state index in [9.17, 15) is 4.79 Å². The summed E-state index contributed by atoms with van der Waals surface area (Å²) in [6.45, 7) is 2.00. The standard InChI is InChI=1S/C14H15N3O2/c1-10-4-3-5-11(6-10)7-13(18)17-12-8-15-14(19-2)16-9-12/h3-6,8-9H,7H2,1-2H3,(H,17,18). The summed E-state index contributed by atoms with van der Waals surface area (Å²) in [5, 5.41) is 2.74. The number of ether oxygens (including phenoxy) is 1. The minimum Gasteiger partial charge on any atom is -0.467 e. The van der Waals surface area contributed by atoms with Gasteiger partial charge < -0.3 is 10.1 Å². The number of aromatic nitrogens is 2. The van der Waals surface area contributed by atoms with E-state index in [2.05, 4.69) is 15.3 Å². The highest BCUT2D eigenvalue weighted by molar-refractivity contribution is 5.91. The molecule has 1 amide bonds. The zero-order valence-electron chi connectivity index (χ0n) is 10.9. The highest BCUT2D eigenvalue weighted by atomic mass is 16.5. The molecule has 2 aromatic rings. The molecule has 1 heterocycles. The van der Waals surface area contributed by atoms with Gasteiger partial charge in [-0.25, -0.2) is 9.97 Å². The Morgan fingerprint density at radius 1 is 1.32 bits per heavy atom. The van der Waals surface area contributed by atoms with Crippen LogP contribution in [-0.2, 0) is 11.2 Å². The van der Waals surface area contributed by atoms with E-state index in [1.807, 2.05) is 31.2 Å². The maximum absolute atomic E-state index is 11.8. The van der Waals surface area contributed by atoms with Gasteiger partial charge in [0.25, 0.3) is 0 Å². The Hall–Kier alpha value is -2.43. The molecule has 0 radical (unpaired) electrons. The van der Waals surface area contributed by atoms with Gasteiger partial charge >= 0.3 is 6.01 Å². The van der Waals surface area contributed by atoms with Gasteiger partial charge in [-0.05, 0) is 12.5 Å². The molecular formula is C14H15N3O2. The first-order chi connectivity index (χ1) is 9.17. The molecule has 0 aliphatic carbocycles. The van der Waals surface area contributed by atoms with Crippen molar-refractivity contribution in [1.82, 2.24) is 9.97 Å². The van der Waals surface area contributed by atoms with Gasteiger partial charge in [0.15, 0.2) is 0 Å². The van der Waals surface area contributed by atoms with E-state index in [4.69, 9.17) is 4.74 Å². The number of methoxy groups -OCH3 is 1. The van der Waals surface area contributed by atoms with Gasteiger partial charge in [0, 0.05) is 0 Å². The van der Waals surface area contributed by atoms with Crippen molar-refractivity contribution in [2.24, 2.45) is 0 Å². The molecule has 5 nitrogen and oxygen atoms in total. The molecule has 0 aliphatic rings. The second-order valence-electron chi connectivity index (χ2n) is 4.17. The number of hydrogen-bond acceptors (Lipinski definition) is 4. The van der Waals surface area contributed by atoms with Gasteiger partial charge in [-0.15, -0.1) is 0 Å².